The Labute approximate surface area is 200 Å². The van der Waals surface area contributed by atoms with Gasteiger partial charge in [-0.15, -0.1) is 0 Å². The van der Waals surface area contributed by atoms with Crippen LogP contribution in [0.3, 0.4) is 0 Å². The first-order chi connectivity index (χ1) is 17.0. The van der Waals surface area contributed by atoms with E-state index in [4.69, 9.17) is 10.5 Å². The molecule has 2 heterocycles. The van der Waals surface area contributed by atoms with Crippen LogP contribution >= 0.6 is 0 Å². The van der Waals surface area contributed by atoms with Crippen molar-refractivity contribution < 1.29 is 9.53 Å². The van der Waals surface area contributed by atoms with Gasteiger partial charge in [0.1, 0.15) is 5.82 Å². The SMILES string of the molecule is COCCn1c(N)c(N(Cc2ccccc2)C(=O)c2cnc(-c3ccccc3)nc2)c(=O)[nH]c1=O. The molecule has 0 atom stereocenters. The lowest BCUT2D eigenvalue weighted by Gasteiger charge is -2.24. The van der Waals surface area contributed by atoms with Gasteiger partial charge in [-0.25, -0.2) is 14.8 Å². The van der Waals surface area contributed by atoms with Crippen molar-refractivity contribution in [3.05, 3.63) is 105 Å². The second-order valence-corrected chi connectivity index (χ2v) is 7.68. The van der Waals surface area contributed by atoms with Crippen molar-refractivity contribution in [1.29, 1.82) is 0 Å². The molecule has 0 radical (unpaired) electrons. The Morgan fingerprint density at radius 3 is 2.29 bits per heavy atom. The number of anilines is 2. The number of methoxy groups -OCH3 is 1. The number of carbonyl (C=O) groups excluding carboxylic acids is 1. The molecular formula is C25H24N6O4. The van der Waals surface area contributed by atoms with Crippen molar-refractivity contribution in [2.75, 3.05) is 24.4 Å². The van der Waals surface area contributed by atoms with E-state index in [0.29, 0.717) is 5.82 Å². The molecule has 0 spiro atoms. The first kappa shape index (κ1) is 23.6. The summed E-state index contributed by atoms with van der Waals surface area (Å²) in [6, 6.07) is 18.5. The average Bonchev–Trinajstić information content (AvgIpc) is 2.88. The van der Waals surface area contributed by atoms with Crippen LogP contribution in [0.25, 0.3) is 11.4 Å². The minimum absolute atomic E-state index is 0.0376. The van der Waals surface area contributed by atoms with Crippen LogP contribution in [0.2, 0.25) is 0 Å². The molecule has 2 aromatic heterocycles. The van der Waals surface area contributed by atoms with Crippen LogP contribution in [-0.4, -0.2) is 39.1 Å². The third-order valence-electron chi connectivity index (χ3n) is 5.36. The third kappa shape index (κ3) is 5.17. The molecule has 10 heteroatoms. The van der Waals surface area contributed by atoms with Gasteiger partial charge >= 0.3 is 5.69 Å². The first-order valence-corrected chi connectivity index (χ1v) is 10.8. The Bertz CT molecular complexity index is 1420. The number of nitrogen functional groups attached to an aromatic ring is 1. The molecule has 0 aliphatic heterocycles. The molecule has 0 saturated carbocycles. The fourth-order valence-corrected chi connectivity index (χ4v) is 3.59. The average molecular weight is 473 g/mol. The summed E-state index contributed by atoms with van der Waals surface area (Å²) >= 11 is 0. The number of ether oxygens (including phenoxy) is 1. The van der Waals surface area contributed by atoms with Gasteiger partial charge in [-0.05, 0) is 5.56 Å². The number of carbonyl (C=O) groups is 1. The topological polar surface area (TPSA) is 136 Å². The zero-order valence-electron chi connectivity index (χ0n) is 19.0. The lowest BCUT2D eigenvalue weighted by molar-refractivity contribution is 0.0984. The van der Waals surface area contributed by atoms with Crippen LogP contribution in [0.4, 0.5) is 11.5 Å². The second-order valence-electron chi connectivity index (χ2n) is 7.68. The van der Waals surface area contributed by atoms with Gasteiger partial charge in [-0.2, -0.15) is 0 Å². The molecule has 0 aliphatic rings. The summed E-state index contributed by atoms with van der Waals surface area (Å²) in [6.07, 6.45) is 2.81. The molecule has 35 heavy (non-hydrogen) atoms. The van der Waals surface area contributed by atoms with E-state index in [1.54, 1.807) is 0 Å². The summed E-state index contributed by atoms with van der Waals surface area (Å²) in [5, 5.41) is 0. The maximum Gasteiger partial charge on any atom is 0.330 e. The van der Waals surface area contributed by atoms with E-state index in [0.717, 1.165) is 11.1 Å². The molecule has 178 valence electrons. The summed E-state index contributed by atoms with van der Waals surface area (Å²) in [4.78, 5) is 51.0. The normalized spacial score (nSPS) is 10.8. The first-order valence-electron chi connectivity index (χ1n) is 10.8. The van der Waals surface area contributed by atoms with Crippen molar-refractivity contribution in [2.45, 2.75) is 13.1 Å². The zero-order chi connectivity index (χ0) is 24.8. The highest BCUT2D eigenvalue weighted by atomic mass is 16.5. The second kappa shape index (κ2) is 10.6. The molecule has 0 bridgehead atoms. The van der Waals surface area contributed by atoms with Crippen LogP contribution in [0.1, 0.15) is 15.9 Å². The molecule has 4 rings (SSSR count). The van der Waals surface area contributed by atoms with Crippen LogP contribution in [-0.2, 0) is 17.8 Å². The van der Waals surface area contributed by atoms with Gasteiger partial charge in [0.25, 0.3) is 11.5 Å². The standard InChI is InChI=1S/C25H24N6O4/c1-35-13-12-30-21(26)20(23(32)29-25(30)34)31(16-17-8-4-2-5-9-17)24(33)19-14-27-22(28-15-19)18-10-6-3-7-11-18/h2-11,14-15H,12-13,16,26H2,1H3,(H,29,32,34). The number of benzene rings is 2. The Balaban J connectivity index is 1.77. The number of H-pyrrole nitrogens is 1. The monoisotopic (exact) mass is 472 g/mol. The van der Waals surface area contributed by atoms with E-state index in [-0.39, 0.29) is 36.8 Å². The number of hydrogen-bond acceptors (Lipinski definition) is 7. The van der Waals surface area contributed by atoms with E-state index in [1.807, 2.05) is 60.7 Å². The smallest absolute Gasteiger partial charge is 0.330 e. The summed E-state index contributed by atoms with van der Waals surface area (Å²) in [5.41, 5.74) is 6.39. The molecule has 0 unspecified atom stereocenters. The molecule has 0 saturated heterocycles. The van der Waals surface area contributed by atoms with Gasteiger partial charge in [0.05, 0.1) is 25.3 Å². The minimum atomic E-state index is -0.771. The largest absolute Gasteiger partial charge is 0.383 e. The van der Waals surface area contributed by atoms with Crippen molar-refractivity contribution >= 4 is 17.4 Å². The van der Waals surface area contributed by atoms with E-state index in [9.17, 15) is 14.4 Å². The number of nitrogens with one attached hydrogen (secondary N) is 1. The molecule has 10 nitrogen and oxygen atoms in total. The zero-order valence-corrected chi connectivity index (χ0v) is 19.0. The quantitative estimate of drug-likeness (QED) is 0.401. The molecule has 0 aliphatic carbocycles. The Kier molecular flexibility index (Phi) is 7.12. The van der Waals surface area contributed by atoms with Crippen molar-refractivity contribution in [2.24, 2.45) is 0 Å². The van der Waals surface area contributed by atoms with Crippen LogP contribution in [0, 0.1) is 0 Å². The lowest BCUT2D eigenvalue weighted by Crippen LogP contribution is -2.41. The predicted octanol–water partition coefficient (Wildman–Crippen LogP) is 2.07. The number of amides is 1. The van der Waals surface area contributed by atoms with Gasteiger partial charge in [0, 0.05) is 25.1 Å². The molecule has 3 N–H and O–H groups in total. The fourth-order valence-electron chi connectivity index (χ4n) is 3.59. The van der Waals surface area contributed by atoms with Gasteiger partial charge in [0.15, 0.2) is 11.5 Å². The maximum atomic E-state index is 13.6. The number of hydrogen-bond donors (Lipinski definition) is 2. The number of nitrogens with two attached hydrogens (primary N) is 1. The third-order valence-corrected chi connectivity index (χ3v) is 5.36. The van der Waals surface area contributed by atoms with E-state index >= 15 is 0 Å². The molecule has 0 fully saturated rings. The summed E-state index contributed by atoms with van der Waals surface area (Å²) < 4.78 is 6.21. The van der Waals surface area contributed by atoms with Gasteiger partial charge in [-0.3, -0.25) is 24.0 Å². The molecule has 1 amide bonds. The Hall–Kier alpha value is -4.57. The van der Waals surface area contributed by atoms with Crippen molar-refractivity contribution in [3.63, 3.8) is 0 Å². The fraction of sp³-hybridized carbons (Fsp3) is 0.160. The Morgan fingerprint density at radius 1 is 1.03 bits per heavy atom. The van der Waals surface area contributed by atoms with Gasteiger partial charge in [0.2, 0.25) is 0 Å². The summed E-state index contributed by atoms with van der Waals surface area (Å²) in [7, 11) is 1.48. The molecule has 2 aromatic carbocycles. The van der Waals surface area contributed by atoms with Crippen LogP contribution < -0.4 is 21.9 Å². The predicted molar refractivity (Wildman–Crippen MR) is 132 cm³/mol. The van der Waals surface area contributed by atoms with E-state index < -0.39 is 17.2 Å². The highest BCUT2D eigenvalue weighted by Crippen LogP contribution is 2.22. The minimum Gasteiger partial charge on any atom is -0.383 e. The maximum absolute atomic E-state index is 13.6. The summed E-state index contributed by atoms with van der Waals surface area (Å²) in [5.74, 6) is -0.216. The molecule has 4 aromatic rings. The highest BCUT2D eigenvalue weighted by Gasteiger charge is 2.26. The Morgan fingerprint density at radius 2 is 1.66 bits per heavy atom. The lowest BCUT2D eigenvalue weighted by atomic mass is 10.1. The van der Waals surface area contributed by atoms with E-state index in [1.165, 1.54) is 29.0 Å². The van der Waals surface area contributed by atoms with Crippen molar-refractivity contribution in [3.8, 4) is 11.4 Å². The van der Waals surface area contributed by atoms with Crippen LogP contribution in [0.5, 0.6) is 0 Å². The number of nitrogens with zero attached hydrogens (tertiary/aromatic N) is 4. The molecular weight excluding hydrogens is 448 g/mol. The highest BCUT2D eigenvalue weighted by molar-refractivity contribution is 6.06. The number of rotatable bonds is 8. The van der Waals surface area contributed by atoms with Crippen LogP contribution in [0.15, 0.2) is 82.6 Å². The summed E-state index contributed by atoms with van der Waals surface area (Å²) in [6.45, 7) is 0.333. The van der Waals surface area contributed by atoms with E-state index in [2.05, 4.69) is 15.0 Å². The number of aromatic nitrogens is 4. The van der Waals surface area contributed by atoms with Gasteiger partial charge in [-0.1, -0.05) is 60.7 Å². The van der Waals surface area contributed by atoms with Crippen molar-refractivity contribution in [1.82, 2.24) is 19.5 Å². The van der Waals surface area contributed by atoms with Gasteiger partial charge < -0.3 is 10.5 Å². The number of aromatic amines is 1.